The molecule has 0 spiro atoms. The van der Waals surface area contributed by atoms with E-state index in [2.05, 4.69) is 0 Å². The number of ether oxygens (including phenoxy) is 1. The molecule has 4 aromatic rings. The van der Waals surface area contributed by atoms with Crippen LogP contribution in [0, 0.1) is 0 Å². The molecular weight excluding hydrogens is 419 g/mol. The van der Waals surface area contributed by atoms with Crippen LogP contribution < -0.4 is 9.57 Å². The second kappa shape index (κ2) is 7.92. The Bertz CT molecular complexity index is 1140. The third kappa shape index (κ3) is 3.76. The number of imidazole rings is 1. The smallest absolute Gasteiger partial charge is 0.176 e. The van der Waals surface area contributed by atoms with Crippen molar-refractivity contribution in [1.29, 1.82) is 0 Å². The predicted octanol–water partition coefficient (Wildman–Crippen LogP) is 6.30. The van der Waals surface area contributed by atoms with Crippen molar-refractivity contribution in [2.24, 2.45) is 0 Å². The number of hydrogen-bond donors (Lipinski definition) is 0. The SMILES string of the molecule is COc1ccc(-c2nc3ccc(Cl)cc3n2OCc2ccc(Cl)cc2Cl)cc1. The Morgan fingerprint density at radius 1 is 0.893 bits per heavy atom. The molecule has 1 aromatic heterocycles. The first-order chi connectivity index (χ1) is 13.5. The highest BCUT2D eigenvalue weighted by Crippen LogP contribution is 2.28. The predicted molar refractivity (Wildman–Crippen MR) is 113 cm³/mol. The molecule has 0 aliphatic rings. The van der Waals surface area contributed by atoms with Gasteiger partial charge in [0.05, 0.1) is 12.6 Å². The van der Waals surface area contributed by atoms with Gasteiger partial charge in [0.1, 0.15) is 17.9 Å². The van der Waals surface area contributed by atoms with E-state index < -0.39 is 0 Å². The van der Waals surface area contributed by atoms with Gasteiger partial charge in [0, 0.05) is 26.2 Å². The third-order valence-electron chi connectivity index (χ3n) is 4.29. The van der Waals surface area contributed by atoms with Crippen molar-refractivity contribution in [3.8, 4) is 17.1 Å². The van der Waals surface area contributed by atoms with Gasteiger partial charge in [0.2, 0.25) is 0 Å². The minimum Gasteiger partial charge on any atom is -0.497 e. The van der Waals surface area contributed by atoms with E-state index in [-0.39, 0.29) is 6.61 Å². The fraction of sp³-hybridized carbons (Fsp3) is 0.0952. The molecule has 28 heavy (non-hydrogen) atoms. The fourth-order valence-electron chi connectivity index (χ4n) is 2.85. The number of benzene rings is 3. The molecule has 0 saturated heterocycles. The fourth-order valence-corrected chi connectivity index (χ4v) is 3.48. The molecule has 0 atom stereocenters. The molecule has 142 valence electrons. The quantitative estimate of drug-likeness (QED) is 0.370. The Morgan fingerprint density at radius 3 is 2.32 bits per heavy atom. The number of rotatable bonds is 5. The molecule has 0 bridgehead atoms. The van der Waals surface area contributed by atoms with Crippen LogP contribution in [0.5, 0.6) is 5.75 Å². The average Bonchev–Trinajstić information content (AvgIpc) is 3.05. The Hall–Kier alpha value is -2.40. The molecule has 0 saturated carbocycles. The van der Waals surface area contributed by atoms with Crippen molar-refractivity contribution in [2.45, 2.75) is 6.61 Å². The molecule has 0 amide bonds. The summed E-state index contributed by atoms with van der Waals surface area (Å²) in [6.45, 7) is 0.247. The minimum absolute atomic E-state index is 0.247. The van der Waals surface area contributed by atoms with E-state index in [1.807, 2.05) is 42.5 Å². The van der Waals surface area contributed by atoms with Crippen LogP contribution in [0.3, 0.4) is 0 Å². The van der Waals surface area contributed by atoms with Crippen LogP contribution in [0.25, 0.3) is 22.4 Å². The monoisotopic (exact) mass is 432 g/mol. The summed E-state index contributed by atoms with van der Waals surface area (Å²) in [7, 11) is 1.63. The maximum atomic E-state index is 6.28. The molecule has 0 fully saturated rings. The molecule has 1 heterocycles. The lowest BCUT2D eigenvalue weighted by Crippen LogP contribution is -2.13. The van der Waals surface area contributed by atoms with E-state index in [4.69, 9.17) is 49.4 Å². The van der Waals surface area contributed by atoms with Gasteiger partial charge in [-0.2, -0.15) is 4.73 Å². The summed E-state index contributed by atoms with van der Waals surface area (Å²) in [5.41, 5.74) is 3.24. The molecule has 0 radical (unpaired) electrons. The molecule has 7 heteroatoms. The zero-order chi connectivity index (χ0) is 19.7. The first-order valence-corrected chi connectivity index (χ1v) is 9.58. The van der Waals surface area contributed by atoms with Crippen LogP contribution in [0.1, 0.15) is 5.56 Å². The maximum Gasteiger partial charge on any atom is 0.176 e. The first kappa shape index (κ1) is 18.9. The van der Waals surface area contributed by atoms with Crippen LogP contribution >= 0.6 is 34.8 Å². The second-order valence-corrected chi connectivity index (χ2v) is 7.38. The van der Waals surface area contributed by atoms with Crippen molar-refractivity contribution in [3.05, 3.63) is 81.3 Å². The standard InChI is InChI=1S/C21H15Cl3N2O2/c1-27-17-7-3-13(4-8-17)21-25-19-9-6-16(23)11-20(19)26(21)28-12-14-2-5-15(22)10-18(14)24/h2-11H,12H2,1H3. The zero-order valence-corrected chi connectivity index (χ0v) is 17.1. The lowest BCUT2D eigenvalue weighted by atomic mass is 10.2. The Balaban J connectivity index is 1.76. The van der Waals surface area contributed by atoms with Gasteiger partial charge in [-0.1, -0.05) is 40.9 Å². The molecule has 4 nitrogen and oxygen atoms in total. The number of fused-ring (bicyclic) bond motifs is 1. The van der Waals surface area contributed by atoms with E-state index in [1.54, 1.807) is 30.0 Å². The Kier molecular flexibility index (Phi) is 5.36. The van der Waals surface area contributed by atoms with Crippen LogP contribution in [0.4, 0.5) is 0 Å². The Labute approximate surface area is 177 Å². The van der Waals surface area contributed by atoms with Gasteiger partial charge in [-0.25, -0.2) is 4.98 Å². The molecule has 0 aliphatic heterocycles. The van der Waals surface area contributed by atoms with Crippen LogP contribution in [0.15, 0.2) is 60.7 Å². The van der Waals surface area contributed by atoms with Gasteiger partial charge in [0.25, 0.3) is 0 Å². The normalized spacial score (nSPS) is 11.0. The molecule has 0 N–H and O–H groups in total. The van der Waals surface area contributed by atoms with Crippen molar-refractivity contribution >= 4 is 45.8 Å². The van der Waals surface area contributed by atoms with Crippen LogP contribution in [0.2, 0.25) is 15.1 Å². The Morgan fingerprint density at radius 2 is 1.61 bits per heavy atom. The zero-order valence-electron chi connectivity index (χ0n) is 14.8. The molecule has 0 aliphatic carbocycles. The van der Waals surface area contributed by atoms with Gasteiger partial charge in [0.15, 0.2) is 5.82 Å². The number of hydrogen-bond acceptors (Lipinski definition) is 3. The van der Waals surface area contributed by atoms with E-state index in [1.165, 1.54) is 0 Å². The summed E-state index contributed by atoms with van der Waals surface area (Å²) in [5, 5.41) is 1.72. The molecule has 4 rings (SSSR count). The largest absolute Gasteiger partial charge is 0.497 e. The first-order valence-electron chi connectivity index (χ1n) is 8.45. The van der Waals surface area contributed by atoms with Crippen LogP contribution in [-0.2, 0) is 6.61 Å². The number of nitrogens with zero attached hydrogens (tertiary/aromatic N) is 2. The summed E-state index contributed by atoms with van der Waals surface area (Å²) in [6.07, 6.45) is 0. The number of halogens is 3. The number of methoxy groups -OCH3 is 1. The summed E-state index contributed by atoms with van der Waals surface area (Å²) in [6, 6.07) is 18.4. The number of aromatic nitrogens is 2. The average molecular weight is 434 g/mol. The van der Waals surface area contributed by atoms with E-state index >= 15 is 0 Å². The van der Waals surface area contributed by atoms with Crippen molar-refractivity contribution in [1.82, 2.24) is 9.71 Å². The van der Waals surface area contributed by atoms with E-state index in [0.717, 1.165) is 27.9 Å². The second-order valence-electron chi connectivity index (χ2n) is 6.10. The van der Waals surface area contributed by atoms with Gasteiger partial charge >= 0.3 is 0 Å². The van der Waals surface area contributed by atoms with Gasteiger partial charge in [-0.15, -0.1) is 0 Å². The summed E-state index contributed by atoms with van der Waals surface area (Å²) < 4.78 is 6.91. The molecule has 0 unspecified atom stereocenters. The van der Waals surface area contributed by atoms with Crippen LogP contribution in [-0.4, -0.2) is 16.8 Å². The highest BCUT2D eigenvalue weighted by atomic mass is 35.5. The van der Waals surface area contributed by atoms with E-state index in [0.29, 0.717) is 20.9 Å². The lowest BCUT2D eigenvalue weighted by Gasteiger charge is -2.12. The summed E-state index contributed by atoms with van der Waals surface area (Å²) in [5.74, 6) is 1.42. The maximum absolute atomic E-state index is 6.28. The highest BCUT2D eigenvalue weighted by molar-refractivity contribution is 6.35. The molecule has 3 aromatic carbocycles. The van der Waals surface area contributed by atoms with Crippen molar-refractivity contribution in [3.63, 3.8) is 0 Å². The molecular formula is C21H15Cl3N2O2. The van der Waals surface area contributed by atoms with Gasteiger partial charge in [-0.05, 0) is 54.6 Å². The van der Waals surface area contributed by atoms with E-state index in [9.17, 15) is 0 Å². The third-order valence-corrected chi connectivity index (χ3v) is 5.11. The minimum atomic E-state index is 0.247. The van der Waals surface area contributed by atoms with Gasteiger partial charge < -0.3 is 9.57 Å². The van der Waals surface area contributed by atoms with Gasteiger partial charge in [-0.3, -0.25) is 0 Å². The summed E-state index contributed by atoms with van der Waals surface area (Å²) >= 11 is 18.5. The topological polar surface area (TPSA) is 36.3 Å². The highest BCUT2D eigenvalue weighted by Gasteiger charge is 2.15. The summed E-state index contributed by atoms with van der Waals surface area (Å²) in [4.78, 5) is 10.8. The van der Waals surface area contributed by atoms with Crippen molar-refractivity contribution < 1.29 is 9.57 Å². The van der Waals surface area contributed by atoms with Crippen molar-refractivity contribution in [2.75, 3.05) is 7.11 Å². The lowest BCUT2D eigenvalue weighted by molar-refractivity contribution is 0.110.